The normalized spacial score (nSPS) is 18.0. The first-order chi connectivity index (χ1) is 34.5. The molecule has 0 bridgehead atoms. The van der Waals surface area contributed by atoms with Crippen LogP contribution in [0.3, 0.4) is 0 Å². The van der Waals surface area contributed by atoms with Crippen LogP contribution in [0.1, 0.15) is 30.2 Å². The van der Waals surface area contributed by atoms with Crippen LogP contribution in [-0.4, -0.2) is 9.13 Å². The molecule has 51 heavy (non-hydrogen) atoms. The van der Waals surface area contributed by atoms with Gasteiger partial charge in [0.1, 0.15) is 5.58 Å². The molecule has 0 aliphatic carbocycles. The fourth-order valence-electron chi connectivity index (χ4n) is 6.73. The van der Waals surface area contributed by atoms with Crippen molar-refractivity contribution >= 4 is 65.6 Å². The first kappa shape index (κ1) is 14.2. The van der Waals surface area contributed by atoms with Crippen LogP contribution in [-0.2, 0) is 0 Å². The molecule has 11 rings (SSSR count). The van der Waals surface area contributed by atoms with Crippen LogP contribution >= 0.6 is 0 Å². The van der Waals surface area contributed by atoms with Gasteiger partial charge in [-0.05, 0) is 76.7 Å². The summed E-state index contributed by atoms with van der Waals surface area (Å²) in [5, 5.41) is -1.42. The Morgan fingerprint density at radius 1 is 0.431 bits per heavy atom. The van der Waals surface area contributed by atoms with Crippen LogP contribution in [0.25, 0.3) is 99.2 Å². The fraction of sp³-hybridized carbons (Fsp3) is 0. The summed E-state index contributed by atoms with van der Waals surface area (Å²) < 4.78 is 207. The largest absolute Gasteiger partial charge is 0.454 e. The van der Waals surface area contributed by atoms with Gasteiger partial charge in [-0.2, -0.15) is 0 Å². The topological polar surface area (TPSA) is 23.0 Å². The Labute approximate surface area is 324 Å². The Hall–Kier alpha value is -6.84. The van der Waals surface area contributed by atoms with Crippen molar-refractivity contribution < 1.29 is 34.6 Å². The van der Waals surface area contributed by atoms with Crippen molar-refractivity contribution in [3.63, 3.8) is 0 Å². The lowest BCUT2D eigenvalue weighted by atomic mass is 9.99. The molecule has 0 fully saturated rings. The molecule has 0 amide bonds. The van der Waals surface area contributed by atoms with Crippen LogP contribution in [0, 0.1) is 0 Å². The van der Waals surface area contributed by atoms with Gasteiger partial charge in [0.2, 0.25) is 0 Å². The summed E-state index contributed by atoms with van der Waals surface area (Å²) in [5.41, 5.74) is -2.97. The van der Waals surface area contributed by atoms with Gasteiger partial charge in [0.25, 0.3) is 0 Å². The third kappa shape index (κ3) is 4.12. The molecule has 3 heteroatoms. The summed E-state index contributed by atoms with van der Waals surface area (Å²) in [6, 6.07) is -2.23. The minimum atomic E-state index is -0.746. The number of para-hydroxylation sites is 4. The molecule has 3 aromatic heterocycles. The highest BCUT2D eigenvalue weighted by molar-refractivity contribution is 6.16. The molecule has 3 heterocycles. The van der Waals surface area contributed by atoms with Gasteiger partial charge in [-0.1, -0.05) is 127 Å². The van der Waals surface area contributed by atoms with E-state index in [0.717, 1.165) is 18.2 Å². The molecule has 0 saturated carbocycles. The average Bonchev–Trinajstić information content (AvgIpc) is 4.05. The molecule has 11 aromatic rings. The number of furan rings is 1. The van der Waals surface area contributed by atoms with Gasteiger partial charge in [-0.25, -0.2) is 0 Å². The van der Waals surface area contributed by atoms with E-state index in [4.69, 9.17) is 23.6 Å². The standard InChI is InChI=1S/C48H30N2O/c1-3-13-31(14-4-1)35-19-12-24-46-47(35)39-20-11-23-44(48(39)51-46)50-42-22-10-8-18-37(42)40-29-32(26-28-43(40)50)33-25-27-38-36-17-7-9-21-41(36)49(45(38)30-33)34-15-5-2-6-16-34/h1-30H/i1D,3D,4D,7D,8D,9D,10D,11D,12D,13D,17D,18D,19D,20D,21D,22D,24D,25D,26D,27D,29D,30D. The highest BCUT2D eigenvalue weighted by Crippen LogP contribution is 2.42. The van der Waals surface area contributed by atoms with Crippen LogP contribution in [0.2, 0.25) is 0 Å². The Kier molecular flexibility index (Phi) is 3.01. The smallest absolute Gasteiger partial charge is 0.159 e. The van der Waals surface area contributed by atoms with Gasteiger partial charge < -0.3 is 13.6 Å². The number of hydrogen-bond donors (Lipinski definition) is 0. The van der Waals surface area contributed by atoms with Gasteiger partial charge in [-0.15, -0.1) is 0 Å². The zero-order valence-electron chi connectivity index (χ0n) is 47.9. The number of aromatic nitrogens is 2. The maximum Gasteiger partial charge on any atom is 0.159 e. The van der Waals surface area contributed by atoms with Crippen LogP contribution in [0.15, 0.2) is 186 Å². The zero-order valence-corrected chi connectivity index (χ0v) is 25.9. The molecule has 0 aliphatic rings. The molecule has 238 valence electrons. The second-order valence-corrected chi connectivity index (χ2v) is 11.6. The van der Waals surface area contributed by atoms with E-state index < -0.39 is 150 Å². The molecule has 8 aromatic carbocycles. The molecule has 3 nitrogen and oxygen atoms in total. The summed E-state index contributed by atoms with van der Waals surface area (Å²) in [5.74, 6) is 0. The Morgan fingerprint density at radius 3 is 2.06 bits per heavy atom. The number of benzene rings is 8. The Bertz CT molecular complexity index is 4400. The van der Waals surface area contributed by atoms with Gasteiger partial charge in [0.05, 0.1) is 57.9 Å². The number of hydrogen-bond acceptors (Lipinski definition) is 1. The lowest BCUT2D eigenvalue weighted by molar-refractivity contribution is 0.666. The summed E-state index contributed by atoms with van der Waals surface area (Å²) in [6.45, 7) is 0. The quantitative estimate of drug-likeness (QED) is 0.182. The first-order valence-electron chi connectivity index (χ1n) is 26.6. The van der Waals surface area contributed by atoms with Crippen LogP contribution in [0.5, 0.6) is 0 Å². The molecule has 0 radical (unpaired) electrons. The maximum absolute atomic E-state index is 9.94. The minimum absolute atomic E-state index is 0.0995. The van der Waals surface area contributed by atoms with E-state index in [1.165, 1.54) is 9.13 Å². The molecular weight excluding hydrogens is 621 g/mol. The second kappa shape index (κ2) is 10.8. The molecular formula is C48H30N2O. The number of fused-ring (bicyclic) bond motifs is 9. The van der Waals surface area contributed by atoms with Crippen molar-refractivity contribution in [1.82, 2.24) is 9.13 Å². The van der Waals surface area contributed by atoms with E-state index in [2.05, 4.69) is 0 Å². The van der Waals surface area contributed by atoms with Crippen molar-refractivity contribution in [3.8, 4) is 33.6 Å². The number of rotatable bonds is 4. The predicted octanol–water partition coefficient (Wildman–Crippen LogP) is 13.1. The van der Waals surface area contributed by atoms with Crippen LogP contribution < -0.4 is 0 Å². The Balaban J connectivity index is 1.31. The maximum atomic E-state index is 9.94. The van der Waals surface area contributed by atoms with Gasteiger partial charge >= 0.3 is 0 Å². The lowest BCUT2D eigenvalue weighted by Gasteiger charge is -2.10. The third-order valence-corrected chi connectivity index (χ3v) is 8.88. The number of nitrogens with zero attached hydrogens (tertiary/aromatic N) is 2. The van der Waals surface area contributed by atoms with Gasteiger partial charge in [0, 0.05) is 38.0 Å². The summed E-state index contributed by atoms with van der Waals surface area (Å²) >= 11 is 0. The van der Waals surface area contributed by atoms with E-state index in [1.54, 1.807) is 30.3 Å². The van der Waals surface area contributed by atoms with E-state index >= 15 is 0 Å². The molecule has 0 atom stereocenters. The minimum Gasteiger partial charge on any atom is -0.454 e. The van der Waals surface area contributed by atoms with Crippen molar-refractivity contribution in [2.24, 2.45) is 0 Å². The fourth-order valence-corrected chi connectivity index (χ4v) is 6.73. The van der Waals surface area contributed by atoms with Crippen molar-refractivity contribution in [2.45, 2.75) is 0 Å². The molecule has 0 spiro atoms. The summed E-state index contributed by atoms with van der Waals surface area (Å²) in [7, 11) is 0. The van der Waals surface area contributed by atoms with Crippen molar-refractivity contribution in [1.29, 1.82) is 0 Å². The zero-order chi connectivity index (χ0) is 52.6. The van der Waals surface area contributed by atoms with Crippen molar-refractivity contribution in [2.75, 3.05) is 0 Å². The van der Waals surface area contributed by atoms with E-state index in [-0.39, 0.29) is 76.8 Å². The van der Waals surface area contributed by atoms with Crippen LogP contribution in [0.4, 0.5) is 0 Å². The van der Waals surface area contributed by atoms with E-state index in [9.17, 15) is 11.0 Å². The second-order valence-electron chi connectivity index (χ2n) is 11.6. The monoisotopic (exact) mass is 672 g/mol. The summed E-state index contributed by atoms with van der Waals surface area (Å²) in [6.07, 6.45) is 0. The van der Waals surface area contributed by atoms with E-state index in [1.807, 2.05) is 0 Å². The average molecular weight is 673 g/mol. The first-order valence-corrected chi connectivity index (χ1v) is 15.6. The molecule has 0 aliphatic heterocycles. The lowest BCUT2D eigenvalue weighted by Crippen LogP contribution is -1.94. The van der Waals surface area contributed by atoms with Crippen molar-refractivity contribution in [3.05, 3.63) is 181 Å². The van der Waals surface area contributed by atoms with E-state index in [0.29, 0.717) is 5.69 Å². The third-order valence-electron chi connectivity index (χ3n) is 8.88. The highest BCUT2D eigenvalue weighted by Gasteiger charge is 2.20. The highest BCUT2D eigenvalue weighted by atomic mass is 16.3. The SMILES string of the molecule is [2H]c1cc(-c2c([2H])c([2H])c([2H])c3oc4c(-n5c6cc([2H])c(-c7c([2H])c([2H])c8c9c([2H])c([2H])c([2H])c([2H])c9n(-c9ccccc9)c8c7[2H])c([2H])c6c6c([2H])c([2H])c([2H])c([2H])c65)cc([2H])c([2H])c4c23)c([2H])c([2H])c1[2H]. The molecule has 0 unspecified atom stereocenters. The Morgan fingerprint density at radius 2 is 1.18 bits per heavy atom. The van der Waals surface area contributed by atoms with Gasteiger partial charge in [-0.3, -0.25) is 0 Å². The summed E-state index contributed by atoms with van der Waals surface area (Å²) in [4.78, 5) is 0. The molecule has 0 saturated heterocycles. The van der Waals surface area contributed by atoms with Gasteiger partial charge in [0.15, 0.2) is 5.58 Å². The molecule has 0 N–H and O–H groups in total. The predicted molar refractivity (Wildman–Crippen MR) is 213 cm³/mol.